The van der Waals surface area contributed by atoms with E-state index in [2.05, 4.69) is 13.8 Å². The van der Waals surface area contributed by atoms with E-state index >= 15 is 0 Å². The van der Waals surface area contributed by atoms with Crippen molar-refractivity contribution >= 4 is 5.97 Å². The van der Waals surface area contributed by atoms with Gasteiger partial charge in [0, 0.05) is 0 Å². The fourth-order valence-corrected chi connectivity index (χ4v) is 2.42. The molecule has 0 aromatic carbocycles. The van der Waals surface area contributed by atoms with Crippen molar-refractivity contribution in [3.63, 3.8) is 0 Å². The van der Waals surface area contributed by atoms with Crippen LogP contribution in [0, 0.1) is 17.8 Å². The molecule has 0 heterocycles. The molecular formula is C12H22O3. The van der Waals surface area contributed by atoms with Gasteiger partial charge in [-0.1, -0.05) is 26.7 Å². The van der Waals surface area contributed by atoms with Crippen molar-refractivity contribution in [3.05, 3.63) is 0 Å². The molecule has 3 nitrogen and oxygen atoms in total. The third kappa shape index (κ3) is 3.20. The van der Waals surface area contributed by atoms with Crippen LogP contribution in [-0.2, 0) is 9.53 Å². The van der Waals surface area contributed by atoms with Crippen LogP contribution in [0.15, 0.2) is 0 Å². The molecule has 0 saturated heterocycles. The first kappa shape index (κ1) is 12.5. The predicted octanol–water partition coefficient (Wildman–Crippen LogP) is 1.98. The van der Waals surface area contributed by atoms with Crippen LogP contribution in [0.5, 0.6) is 0 Å². The third-order valence-corrected chi connectivity index (χ3v) is 3.45. The van der Waals surface area contributed by atoms with Crippen molar-refractivity contribution in [1.29, 1.82) is 0 Å². The topological polar surface area (TPSA) is 46.5 Å². The summed E-state index contributed by atoms with van der Waals surface area (Å²) in [4.78, 5) is 11.4. The van der Waals surface area contributed by atoms with Crippen LogP contribution in [0.3, 0.4) is 0 Å². The van der Waals surface area contributed by atoms with Crippen LogP contribution in [0.1, 0.15) is 40.0 Å². The van der Waals surface area contributed by atoms with Crippen LogP contribution < -0.4 is 0 Å². The first-order chi connectivity index (χ1) is 7.06. The second-order valence-corrected chi connectivity index (χ2v) is 4.76. The Kier molecular flexibility index (Phi) is 4.58. The lowest BCUT2D eigenvalue weighted by molar-refractivity contribution is -0.158. The summed E-state index contributed by atoms with van der Waals surface area (Å²) in [6.07, 6.45) is 2.30. The van der Waals surface area contributed by atoms with Gasteiger partial charge < -0.3 is 9.84 Å². The van der Waals surface area contributed by atoms with E-state index in [1.807, 2.05) is 0 Å². The van der Waals surface area contributed by atoms with Gasteiger partial charge in [0.05, 0.1) is 6.61 Å². The Labute approximate surface area is 91.8 Å². The SMILES string of the molecule is CCOC(=O)C(O)C1CC(C)CCC1C. The first-order valence-corrected chi connectivity index (χ1v) is 5.91. The Hall–Kier alpha value is -0.570. The van der Waals surface area contributed by atoms with Gasteiger partial charge in [-0.25, -0.2) is 4.79 Å². The number of hydrogen-bond acceptors (Lipinski definition) is 3. The Morgan fingerprint density at radius 3 is 2.73 bits per heavy atom. The van der Waals surface area contributed by atoms with E-state index in [-0.39, 0.29) is 5.92 Å². The molecule has 1 rings (SSSR count). The molecule has 3 heteroatoms. The molecule has 0 aliphatic heterocycles. The molecule has 0 amide bonds. The maximum atomic E-state index is 11.4. The minimum Gasteiger partial charge on any atom is -0.464 e. The van der Waals surface area contributed by atoms with Crippen molar-refractivity contribution in [2.24, 2.45) is 17.8 Å². The first-order valence-electron chi connectivity index (χ1n) is 5.91. The quantitative estimate of drug-likeness (QED) is 0.731. The molecular weight excluding hydrogens is 192 g/mol. The van der Waals surface area contributed by atoms with Crippen LogP contribution in [0.25, 0.3) is 0 Å². The number of ether oxygens (including phenoxy) is 1. The standard InChI is InChI=1S/C12H22O3/c1-4-15-12(14)11(13)10-7-8(2)5-6-9(10)3/h8-11,13H,4-7H2,1-3H3. The summed E-state index contributed by atoms with van der Waals surface area (Å²) >= 11 is 0. The minimum atomic E-state index is -0.928. The zero-order chi connectivity index (χ0) is 11.4. The molecule has 1 fully saturated rings. The monoisotopic (exact) mass is 214 g/mol. The Bertz CT molecular complexity index is 215. The highest BCUT2D eigenvalue weighted by Gasteiger charge is 2.35. The zero-order valence-corrected chi connectivity index (χ0v) is 9.90. The highest BCUT2D eigenvalue weighted by Crippen LogP contribution is 2.35. The lowest BCUT2D eigenvalue weighted by Crippen LogP contribution is -2.38. The predicted molar refractivity (Wildman–Crippen MR) is 58.3 cm³/mol. The van der Waals surface area contributed by atoms with Crippen LogP contribution in [0.4, 0.5) is 0 Å². The molecule has 0 aromatic rings. The summed E-state index contributed by atoms with van der Waals surface area (Å²) in [6.45, 7) is 6.39. The molecule has 1 saturated carbocycles. The maximum absolute atomic E-state index is 11.4. The largest absolute Gasteiger partial charge is 0.464 e. The fraction of sp³-hybridized carbons (Fsp3) is 0.917. The van der Waals surface area contributed by atoms with E-state index in [0.717, 1.165) is 12.8 Å². The molecule has 0 bridgehead atoms. The third-order valence-electron chi connectivity index (χ3n) is 3.45. The lowest BCUT2D eigenvalue weighted by atomic mass is 9.73. The van der Waals surface area contributed by atoms with E-state index < -0.39 is 12.1 Å². The van der Waals surface area contributed by atoms with Gasteiger partial charge in [-0.3, -0.25) is 0 Å². The van der Waals surface area contributed by atoms with Crippen LogP contribution in [-0.4, -0.2) is 23.8 Å². The molecule has 88 valence electrons. The number of hydrogen-bond donors (Lipinski definition) is 1. The van der Waals surface area contributed by atoms with Gasteiger partial charge in [0.2, 0.25) is 0 Å². The van der Waals surface area contributed by atoms with Gasteiger partial charge in [-0.15, -0.1) is 0 Å². The Balaban J connectivity index is 2.56. The van der Waals surface area contributed by atoms with Crippen LogP contribution >= 0.6 is 0 Å². The second-order valence-electron chi connectivity index (χ2n) is 4.76. The number of esters is 1. The van der Waals surface area contributed by atoms with Crippen molar-refractivity contribution in [2.75, 3.05) is 6.61 Å². The average Bonchev–Trinajstić information content (AvgIpc) is 2.21. The summed E-state index contributed by atoms with van der Waals surface area (Å²) in [7, 11) is 0. The summed E-state index contributed by atoms with van der Waals surface area (Å²) in [5.74, 6) is 0.645. The van der Waals surface area contributed by atoms with Crippen molar-refractivity contribution < 1.29 is 14.6 Å². The van der Waals surface area contributed by atoms with Gasteiger partial charge in [0.15, 0.2) is 6.10 Å². The maximum Gasteiger partial charge on any atom is 0.335 e. The number of aliphatic hydroxyl groups excluding tert-OH is 1. The van der Waals surface area contributed by atoms with Gasteiger partial charge in [-0.2, -0.15) is 0 Å². The molecule has 1 N–H and O–H groups in total. The molecule has 4 atom stereocenters. The number of carbonyl (C=O) groups is 1. The van der Waals surface area contributed by atoms with Crippen molar-refractivity contribution in [3.8, 4) is 0 Å². The zero-order valence-electron chi connectivity index (χ0n) is 9.90. The number of aliphatic hydroxyl groups is 1. The summed E-state index contributed by atoms with van der Waals surface area (Å²) < 4.78 is 4.85. The Morgan fingerprint density at radius 2 is 2.13 bits per heavy atom. The van der Waals surface area contributed by atoms with E-state index in [9.17, 15) is 9.90 Å². The average molecular weight is 214 g/mol. The number of rotatable bonds is 3. The Morgan fingerprint density at radius 1 is 1.47 bits per heavy atom. The van der Waals surface area contributed by atoms with E-state index in [0.29, 0.717) is 18.4 Å². The highest BCUT2D eigenvalue weighted by atomic mass is 16.5. The van der Waals surface area contributed by atoms with Crippen molar-refractivity contribution in [1.82, 2.24) is 0 Å². The smallest absolute Gasteiger partial charge is 0.335 e. The summed E-state index contributed by atoms with van der Waals surface area (Å²) in [5, 5.41) is 9.89. The second kappa shape index (κ2) is 5.50. The summed E-state index contributed by atoms with van der Waals surface area (Å²) in [6, 6.07) is 0. The highest BCUT2D eigenvalue weighted by molar-refractivity contribution is 5.74. The fourth-order valence-electron chi connectivity index (χ4n) is 2.42. The molecule has 1 aliphatic carbocycles. The molecule has 1 aliphatic rings. The number of carbonyl (C=O) groups excluding carboxylic acids is 1. The molecule has 0 spiro atoms. The van der Waals surface area contributed by atoms with E-state index in [1.54, 1.807) is 6.92 Å². The van der Waals surface area contributed by atoms with Gasteiger partial charge in [0.1, 0.15) is 0 Å². The van der Waals surface area contributed by atoms with Crippen molar-refractivity contribution in [2.45, 2.75) is 46.1 Å². The van der Waals surface area contributed by atoms with Gasteiger partial charge >= 0.3 is 5.97 Å². The molecule has 15 heavy (non-hydrogen) atoms. The molecule has 4 unspecified atom stereocenters. The van der Waals surface area contributed by atoms with E-state index in [4.69, 9.17) is 4.74 Å². The normalized spacial score (nSPS) is 33.5. The lowest BCUT2D eigenvalue weighted by Gasteiger charge is -2.34. The minimum absolute atomic E-state index is 0.0767. The van der Waals surface area contributed by atoms with Gasteiger partial charge in [0.25, 0.3) is 0 Å². The van der Waals surface area contributed by atoms with E-state index in [1.165, 1.54) is 6.42 Å². The molecule has 0 aromatic heterocycles. The van der Waals surface area contributed by atoms with Crippen LogP contribution in [0.2, 0.25) is 0 Å². The van der Waals surface area contributed by atoms with Gasteiger partial charge in [-0.05, 0) is 31.1 Å². The summed E-state index contributed by atoms with van der Waals surface area (Å²) in [5.41, 5.74) is 0. The molecule has 0 radical (unpaired) electrons.